The van der Waals surface area contributed by atoms with E-state index in [0.717, 1.165) is 138 Å². The average molecular weight is 1570 g/mol. The van der Waals surface area contributed by atoms with E-state index in [0.29, 0.717) is 29.1 Å². The molecule has 16 aromatic carbocycles. The van der Waals surface area contributed by atoms with E-state index in [9.17, 15) is 0 Å². The molecular weight excluding hydrogens is 1490 g/mol. The standard InChI is InChI=1S/C51H33N3O.C32H31BO2.C25H14ClN3O/c1-4-16-35(17-5-1)47(36-18-6-2-7-19-36)48(37-20-8-3-9-21-37)39-23-14-24-40(32-39)49-52-50(41-28-27-34-15-10-11-22-38(34)31-41)54-51(53-49)42-29-30-44-43-25-12-13-26-45(43)55-46(44)33-42;1-31(2)32(3,4)35-33(34-31)28-22-14-21-27(23-28)30(26-19-12-7-13-20-26)29(24-15-8-5-9-16-24)25-17-10-6-11-18-25;26-25-28-23(17-10-9-15-5-1-2-6-16(15)13-17)27-24(29-25)18-11-12-20-19-7-3-4-8-21(19)30-22(20)14-18/h1-33H;5-23H,1-4H3;1-14H. The van der Waals surface area contributed by atoms with Gasteiger partial charge in [0, 0.05) is 49.4 Å². The van der Waals surface area contributed by atoms with Gasteiger partial charge in [0.25, 0.3) is 0 Å². The Balaban J connectivity index is 0.000000126. The summed E-state index contributed by atoms with van der Waals surface area (Å²) in [7, 11) is -0.408. The summed E-state index contributed by atoms with van der Waals surface area (Å²) in [5.74, 6) is 2.83. The second-order valence-corrected chi connectivity index (χ2v) is 31.1. The molecule has 1 saturated heterocycles. The number of furan rings is 2. The van der Waals surface area contributed by atoms with Gasteiger partial charge < -0.3 is 18.1 Å². The predicted octanol–water partition coefficient (Wildman–Crippen LogP) is 26.8. The van der Waals surface area contributed by atoms with Gasteiger partial charge in [0.15, 0.2) is 29.1 Å². The predicted molar refractivity (Wildman–Crippen MR) is 492 cm³/mol. The molecule has 1 fully saturated rings. The van der Waals surface area contributed by atoms with Crippen molar-refractivity contribution in [2.45, 2.75) is 38.9 Å². The highest BCUT2D eigenvalue weighted by atomic mass is 35.5. The number of benzene rings is 16. The molecule has 0 unspecified atom stereocenters. The van der Waals surface area contributed by atoms with Gasteiger partial charge in [-0.25, -0.2) is 19.9 Å². The van der Waals surface area contributed by atoms with Gasteiger partial charge in [-0.2, -0.15) is 9.97 Å². The van der Waals surface area contributed by atoms with Crippen LogP contribution in [0.25, 0.3) is 145 Å². The maximum Gasteiger partial charge on any atom is 0.494 e. The molecule has 0 amide bonds. The Morgan fingerprint density at radius 3 is 0.908 bits per heavy atom. The summed E-state index contributed by atoms with van der Waals surface area (Å²) >= 11 is 6.26. The first-order chi connectivity index (χ1) is 58.8. The topological polar surface area (TPSA) is 122 Å². The first-order valence-corrected chi connectivity index (χ1v) is 40.6. The van der Waals surface area contributed by atoms with Gasteiger partial charge in [-0.3, -0.25) is 0 Å². The first-order valence-electron chi connectivity index (χ1n) is 40.2. The molecular formula is C108H78BClN6O4. The molecule has 1 aliphatic rings. The minimum absolute atomic E-state index is 0.160. The largest absolute Gasteiger partial charge is 0.494 e. The molecule has 12 heteroatoms. The molecule has 0 aliphatic carbocycles. The minimum Gasteiger partial charge on any atom is -0.456 e. The van der Waals surface area contributed by atoms with Crippen LogP contribution in [0.15, 0.2) is 409 Å². The van der Waals surface area contributed by atoms with Gasteiger partial charge in [-0.15, -0.1) is 0 Å². The van der Waals surface area contributed by atoms with Crippen LogP contribution in [0.4, 0.5) is 0 Å². The lowest BCUT2D eigenvalue weighted by Gasteiger charge is -2.32. The molecule has 0 atom stereocenters. The molecule has 10 nitrogen and oxygen atoms in total. The Labute approximate surface area is 701 Å². The number of nitrogens with zero attached hydrogens (tertiary/aromatic N) is 6. The summed E-state index contributed by atoms with van der Waals surface area (Å²) in [6, 6.07) is 138. The Bertz CT molecular complexity index is 7140. The van der Waals surface area contributed by atoms with Crippen LogP contribution in [0.1, 0.15) is 72.2 Å². The van der Waals surface area contributed by atoms with Crippen LogP contribution in [0.2, 0.25) is 5.28 Å². The van der Waals surface area contributed by atoms with E-state index in [1.807, 2.05) is 78.9 Å². The zero-order chi connectivity index (χ0) is 81.1. The van der Waals surface area contributed by atoms with Crippen LogP contribution >= 0.6 is 11.6 Å². The molecule has 0 N–H and O–H groups in total. The Hall–Kier alpha value is -14.6. The Kier molecular flexibility index (Phi) is 20.6. The summed E-state index contributed by atoms with van der Waals surface area (Å²) in [5.41, 5.74) is 21.7. The van der Waals surface area contributed by atoms with Crippen molar-refractivity contribution < 1.29 is 18.1 Å². The monoisotopic (exact) mass is 1570 g/mol. The number of para-hydroxylation sites is 2. The van der Waals surface area contributed by atoms with E-state index < -0.39 is 7.12 Å². The molecule has 0 bridgehead atoms. The third-order valence-corrected chi connectivity index (χ3v) is 22.7. The van der Waals surface area contributed by atoms with Gasteiger partial charge in [-0.1, -0.05) is 346 Å². The number of hydrogen-bond acceptors (Lipinski definition) is 10. The smallest absolute Gasteiger partial charge is 0.456 e. The summed E-state index contributed by atoms with van der Waals surface area (Å²) in [6.07, 6.45) is 0. The summed E-state index contributed by atoms with van der Waals surface area (Å²) in [4.78, 5) is 28.9. The normalized spacial score (nSPS) is 12.8. The molecule has 5 heterocycles. The van der Waals surface area contributed by atoms with Gasteiger partial charge in [0.1, 0.15) is 22.3 Å². The van der Waals surface area contributed by atoms with Crippen molar-refractivity contribution in [3.05, 3.63) is 450 Å². The van der Waals surface area contributed by atoms with Crippen LogP contribution in [0, 0.1) is 0 Å². The molecule has 574 valence electrons. The third-order valence-electron chi connectivity index (χ3n) is 22.5. The summed E-state index contributed by atoms with van der Waals surface area (Å²) < 4.78 is 25.1. The van der Waals surface area contributed by atoms with Crippen molar-refractivity contribution in [1.29, 1.82) is 0 Å². The van der Waals surface area contributed by atoms with Gasteiger partial charge in [0.05, 0.1) is 11.2 Å². The van der Waals surface area contributed by atoms with Crippen molar-refractivity contribution in [2.75, 3.05) is 0 Å². The van der Waals surface area contributed by atoms with Gasteiger partial charge in [-0.05, 0) is 188 Å². The van der Waals surface area contributed by atoms with Crippen molar-refractivity contribution in [2.24, 2.45) is 0 Å². The highest BCUT2D eigenvalue weighted by Gasteiger charge is 2.52. The highest BCUT2D eigenvalue weighted by Crippen LogP contribution is 2.43. The average Bonchev–Trinajstić information content (AvgIpc) is 1.29. The minimum atomic E-state index is -0.408. The van der Waals surface area contributed by atoms with E-state index in [1.165, 1.54) is 27.8 Å². The molecule has 20 aromatic rings. The molecule has 0 spiro atoms. The molecule has 4 aromatic heterocycles. The van der Waals surface area contributed by atoms with Crippen molar-refractivity contribution in [3.63, 3.8) is 0 Å². The Morgan fingerprint density at radius 1 is 0.233 bits per heavy atom. The van der Waals surface area contributed by atoms with Gasteiger partial charge in [0.2, 0.25) is 5.28 Å². The van der Waals surface area contributed by atoms with Crippen LogP contribution in [0.5, 0.6) is 0 Å². The molecule has 21 rings (SSSR count). The number of hydrogen-bond donors (Lipinski definition) is 0. The quantitative estimate of drug-likeness (QED) is 0.0768. The SMILES string of the molecule is CC1(C)OB(c2cccc(C(=C(c3ccccc3)c3ccccc3)c3ccccc3)c2)OC1(C)C.Clc1nc(-c2ccc3ccccc3c2)nc(-c2ccc3c(c2)oc2ccccc23)n1.c1ccc(C(=C(c2ccccc2)c2cccc(-c3nc(-c4ccc5ccccc5c4)nc(-c4ccc5c(c4)oc4ccccc45)n3)c2)c2ccccc2)cc1. The first kappa shape index (κ1) is 75.5. The fraction of sp³-hybridized carbons (Fsp3) is 0.0556. The molecule has 1 aliphatic heterocycles. The van der Waals surface area contributed by atoms with Crippen LogP contribution in [0.3, 0.4) is 0 Å². The molecule has 0 radical (unpaired) electrons. The lowest BCUT2D eigenvalue weighted by molar-refractivity contribution is 0.00578. The zero-order valence-electron chi connectivity index (χ0n) is 66.4. The van der Waals surface area contributed by atoms with Crippen molar-refractivity contribution in [1.82, 2.24) is 29.9 Å². The molecule has 0 saturated carbocycles. The fourth-order valence-corrected chi connectivity index (χ4v) is 16.0. The zero-order valence-corrected chi connectivity index (χ0v) is 67.1. The highest BCUT2D eigenvalue weighted by molar-refractivity contribution is 6.62. The van der Waals surface area contributed by atoms with Crippen LogP contribution < -0.4 is 5.46 Å². The van der Waals surface area contributed by atoms with Crippen LogP contribution in [-0.2, 0) is 9.31 Å². The lowest BCUT2D eigenvalue weighted by atomic mass is 9.76. The maximum atomic E-state index is 6.38. The second-order valence-electron chi connectivity index (χ2n) is 30.8. The second kappa shape index (κ2) is 32.8. The summed E-state index contributed by atoms with van der Waals surface area (Å²) in [5, 5.41) is 9.03. The number of rotatable bonds is 14. The number of aromatic nitrogens is 6. The van der Waals surface area contributed by atoms with E-state index >= 15 is 0 Å². The van der Waals surface area contributed by atoms with Crippen molar-refractivity contribution in [3.8, 4) is 56.9 Å². The van der Waals surface area contributed by atoms with E-state index in [1.54, 1.807) is 0 Å². The number of fused-ring (bicyclic) bond motifs is 8. The maximum absolute atomic E-state index is 6.38. The summed E-state index contributed by atoms with van der Waals surface area (Å²) in [6.45, 7) is 8.37. The Morgan fingerprint density at radius 2 is 0.517 bits per heavy atom. The van der Waals surface area contributed by atoms with E-state index in [-0.39, 0.29) is 16.5 Å². The lowest BCUT2D eigenvalue weighted by Crippen LogP contribution is -2.41. The van der Waals surface area contributed by atoms with Crippen molar-refractivity contribution >= 4 is 112 Å². The van der Waals surface area contributed by atoms with E-state index in [2.05, 4.69) is 359 Å². The van der Waals surface area contributed by atoms with E-state index in [4.69, 9.17) is 49.7 Å². The number of halogens is 1. The van der Waals surface area contributed by atoms with Crippen LogP contribution in [-0.4, -0.2) is 48.2 Å². The third kappa shape index (κ3) is 15.5. The molecule has 120 heavy (non-hydrogen) atoms. The van der Waals surface area contributed by atoms with Gasteiger partial charge >= 0.3 is 7.12 Å². The fourth-order valence-electron chi connectivity index (χ4n) is 15.8.